The van der Waals surface area contributed by atoms with Crippen LogP contribution in [0.2, 0.25) is 0 Å². The number of carbonyl (C=O) groups is 2. The van der Waals surface area contributed by atoms with E-state index in [1.807, 2.05) is 0 Å². The third-order valence-electron chi connectivity index (χ3n) is 1.98. The molecule has 0 heterocycles. The number of hydrogen-bond donors (Lipinski definition) is 0. The first-order chi connectivity index (χ1) is 7.73. The summed E-state index contributed by atoms with van der Waals surface area (Å²) in [7, 11) is 0. The highest BCUT2D eigenvalue weighted by Gasteiger charge is 2.16. The van der Waals surface area contributed by atoms with Crippen molar-refractivity contribution < 1.29 is 19.1 Å². The Morgan fingerprint density at radius 2 is 1.24 bits per heavy atom. The Labute approximate surface area is 102 Å². The fourth-order valence-electron chi connectivity index (χ4n) is 1.13. The second-order valence-electron chi connectivity index (χ2n) is 4.23. The second kappa shape index (κ2) is 6.89. The van der Waals surface area contributed by atoms with Gasteiger partial charge < -0.3 is 9.47 Å². The number of esters is 2. The maximum atomic E-state index is 11.2. The summed E-state index contributed by atoms with van der Waals surface area (Å²) in [6.45, 7) is 13.6. The number of carbonyl (C=O) groups excluding carboxylic acids is 2. The molecule has 96 valence electrons. The quantitative estimate of drug-likeness (QED) is 0.528. The molecule has 0 saturated carbocycles. The van der Waals surface area contributed by atoms with Gasteiger partial charge in [-0.15, -0.1) is 0 Å². The molecule has 0 bridgehead atoms. The van der Waals surface area contributed by atoms with Gasteiger partial charge in [0, 0.05) is 17.6 Å². The van der Waals surface area contributed by atoms with Gasteiger partial charge in [0.1, 0.15) is 12.2 Å². The Kier molecular flexibility index (Phi) is 6.25. The van der Waals surface area contributed by atoms with Crippen molar-refractivity contribution in [2.75, 3.05) is 0 Å². The predicted octanol–water partition coefficient (Wildman–Crippen LogP) is 2.39. The maximum Gasteiger partial charge on any atom is 0.333 e. The zero-order chi connectivity index (χ0) is 13.6. The summed E-state index contributed by atoms with van der Waals surface area (Å²) in [6, 6.07) is 0. The molecule has 0 fully saturated rings. The van der Waals surface area contributed by atoms with Crippen molar-refractivity contribution in [2.24, 2.45) is 0 Å². The molecule has 0 saturated heterocycles. The van der Waals surface area contributed by atoms with E-state index in [0.717, 1.165) is 0 Å². The Bertz CT molecular complexity index is 298. The van der Waals surface area contributed by atoms with E-state index in [4.69, 9.17) is 9.47 Å². The van der Waals surface area contributed by atoms with Gasteiger partial charge in [0.2, 0.25) is 0 Å². The highest BCUT2D eigenvalue weighted by molar-refractivity contribution is 5.87. The molecule has 4 heteroatoms. The zero-order valence-corrected chi connectivity index (χ0v) is 10.9. The van der Waals surface area contributed by atoms with Crippen LogP contribution in [-0.2, 0) is 19.1 Å². The molecule has 0 rings (SSSR count). The maximum absolute atomic E-state index is 11.2. The van der Waals surface area contributed by atoms with Gasteiger partial charge in [0.15, 0.2) is 0 Å². The van der Waals surface area contributed by atoms with Crippen molar-refractivity contribution in [1.29, 1.82) is 0 Å². The van der Waals surface area contributed by atoms with E-state index in [-0.39, 0.29) is 12.2 Å². The molecule has 0 spiro atoms. The summed E-state index contributed by atoms with van der Waals surface area (Å²) in [5.41, 5.74) is 0.701. The van der Waals surface area contributed by atoms with Crippen LogP contribution in [-0.4, -0.2) is 24.1 Å². The monoisotopic (exact) mass is 240 g/mol. The number of ether oxygens (including phenoxy) is 2. The van der Waals surface area contributed by atoms with Crippen molar-refractivity contribution in [1.82, 2.24) is 0 Å². The van der Waals surface area contributed by atoms with Crippen LogP contribution in [0.15, 0.2) is 24.3 Å². The highest BCUT2D eigenvalue weighted by atomic mass is 16.6. The van der Waals surface area contributed by atoms with E-state index in [1.54, 1.807) is 27.7 Å². The normalized spacial score (nSPS) is 13.4. The third kappa shape index (κ3) is 6.56. The zero-order valence-electron chi connectivity index (χ0n) is 10.9. The Hall–Kier alpha value is -1.58. The molecular formula is C13H20O4. The van der Waals surface area contributed by atoms with Crippen molar-refractivity contribution in [3.63, 3.8) is 0 Å². The molecule has 17 heavy (non-hydrogen) atoms. The SMILES string of the molecule is C=C(C)C(=O)OC(C)CC(C)OC(=O)C(=C)C. The molecule has 0 aromatic rings. The highest BCUT2D eigenvalue weighted by Crippen LogP contribution is 2.09. The minimum atomic E-state index is -0.434. The molecule has 0 amide bonds. The van der Waals surface area contributed by atoms with Crippen LogP contribution in [0.5, 0.6) is 0 Å². The van der Waals surface area contributed by atoms with Crippen LogP contribution in [0.3, 0.4) is 0 Å². The van der Waals surface area contributed by atoms with E-state index >= 15 is 0 Å². The van der Waals surface area contributed by atoms with E-state index in [0.29, 0.717) is 17.6 Å². The van der Waals surface area contributed by atoms with E-state index in [2.05, 4.69) is 13.2 Å². The standard InChI is InChI=1S/C13H20O4/c1-8(2)12(14)16-10(5)7-11(6)17-13(15)9(3)4/h10-11H,1,3,7H2,2,4-6H3. The van der Waals surface area contributed by atoms with Gasteiger partial charge in [0.05, 0.1) is 0 Å². The van der Waals surface area contributed by atoms with Gasteiger partial charge in [-0.1, -0.05) is 13.2 Å². The lowest BCUT2D eigenvalue weighted by Gasteiger charge is -2.18. The van der Waals surface area contributed by atoms with Crippen LogP contribution in [0.4, 0.5) is 0 Å². The molecule has 2 unspecified atom stereocenters. The minimum Gasteiger partial charge on any atom is -0.459 e. The van der Waals surface area contributed by atoms with Gasteiger partial charge in [-0.05, 0) is 27.7 Å². The van der Waals surface area contributed by atoms with Gasteiger partial charge in [-0.2, -0.15) is 0 Å². The Morgan fingerprint density at radius 1 is 0.941 bits per heavy atom. The first kappa shape index (κ1) is 15.4. The molecule has 0 radical (unpaired) electrons. The molecule has 2 atom stereocenters. The van der Waals surface area contributed by atoms with Crippen LogP contribution in [0, 0.1) is 0 Å². The van der Waals surface area contributed by atoms with E-state index in [1.165, 1.54) is 0 Å². The summed E-state index contributed by atoms with van der Waals surface area (Å²) in [6.07, 6.45) is -0.211. The summed E-state index contributed by atoms with van der Waals surface area (Å²) in [4.78, 5) is 22.4. The summed E-state index contributed by atoms with van der Waals surface area (Å²) < 4.78 is 10.1. The van der Waals surface area contributed by atoms with E-state index in [9.17, 15) is 9.59 Å². The molecule has 4 nitrogen and oxygen atoms in total. The first-order valence-corrected chi connectivity index (χ1v) is 5.47. The van der Waals surface area contributed by atoms with Gasteiger partial charge in [0.25, 0.3) is 0 Å². The minimum absolute atomic E-state index is 0.327. The van der Waals surface area contributed by atoms with Crippen molar-refractivity contribution in [3.05, 3.63) is 24.3 Å². The Balaban J connectivity index is 4.08. The van der Waals surface area contributed by atoms with Crippen molar-refractivity contribution >= 4 is 11.9 Å². The van der Waals surface area contributed by atoms with Crippen LogP contribution < -0.4 is 0 Å². The second-order valence-corrected chi connectivity index (χ2v) is 4.23. The molecule has 0 aliphatic heterocycles. The molecule has 0 N–H and O–H groups in total. The summed E-state index contributed by atoms with van der Waals surface area (Å²) >= 11 is 0. The average Bonchev–Trinajstić information content (AvgIpc) is 2.16. The third-order valence-corrected chi connectivity index (χ3v) is 1.98. The lowest BCUT2D eigenvalue weighted by atomic mass is 10.2. The lowest BCUT2D eigenvalue weighted by Crippen LogP contribution is -2.23. The topological polar surface area (TPSA) is 52.6 Å². The molecule has 0 aromatic carbocycles. The lowest BCUT2D eigenvalue weighted by molar-refractivity contribution is -0.148. The van der Waals surface area contributed by atoms with Gasteiger partial charge >= 0.3 is 11.9 Å². The van der Waals surface area contributed by atoms with Crippen molar-refractivity contribution in [2.45, 2.75) is 46.3 Å². The largest absolute Gasteiger partial charge is 0.459 e. The molecule has 0 aliphatic carbocycles. The van der Waals surface area contributed by atoms with Crippen molar-refractivity contribution in [3.8, 4) is 0 Å². The molecule has 0 aliphatic rings. The van der Waals surface area contributed by atoms with E-state index < -0.39 is 11.9 Å². The average molecular weight is 240 g/mol. The van der Waals surface area contributed by atoms with Crippen LogP contribution in [0.1, 0.15) is 34.1 Å². The smallest absolute Gasteiger partial charge is 0.333 e. The first-order valence-electron chi connectivity index (χ1n) is 5.47. The fourth-order valence-corrected chi connectivity index (χ4v) is 1.13. The number of rotatable bonds is 6. The predicted molar refractivity (Wildman–Crippen MR) is 65.4 cm³/mol. The molecular weight excluding hydrogens is 220 g/mol. The Morgan fingerprint density at radius 3 is 1.47 bits per heavy atom. The number of hydrogen-bond acceptors (Lipinski definition) is 4. The van der Waals surface area contributed by atoms with Gasteiger partial charge in [-0.3, -0.25) is 0 Å². The van der Waals surface area contributed by atoms with Crippen LogP contribution in [0.25, 0.3) is 0 Å². The fraction of sp³-hybridized carbons (Fsp3) is 0.538. The van der Waals surface area contributed by atoms with Crippen LogP contribution >= 0.6 is 0 Å². The molecule has 0 aromatic heterocycles. The summed E-state index contributed by atoms with van der Waals surface area (Å²) in [5, 5.41) is 0. The van der Waals surface area contributed by atoms with Gasteiger partial charge in [-0.25, -0.2) is 9.59 Å². The summed E-state index contributed by atoms with van der Waals surface area (Å²) in [5.74, 6) is -0.869.